The first-order valence-electron chi connectivity index (χ1n) is 9.26. The van der Waals surface area contributed by atoms with Gasteiger partial charge in [-0.1, -0.05) is 24.3 Å². The highest BCUT2D eigenvalue weighted by Crippen LogP contribution is 2.32. The summed E-state index contributed by atoms with van der Waals surface area (Å²) in [6, 6.07) is 13.4. The number of hydrogen-bond acceptors (Lipinski definition) is 6. The van der Waals surface area contributed by atoms with Crippen molar-refractivity contribution in [3.05, 3.63) is 70.8 Å². The van der Waals surface area contributed by atoms with Crippen molar-refractivity contribution in [2.24, 2.45) is 0 Å². The van der Waals surface area contributed by atoms with E-state index in [4.69, 9.17) is 0 Å². The molecule has 9 heteroatoms. The van der Waals surface area contributed by atoms with E-state index in [0.717, 1.165) is 0 Å². The maximum absolute atomic E-state index is 14.1. The molecule has 8 nitrogen and oxygen atoms in total. The Balaban J connectivity index is 1.59. The van der Waals surface area contributed by atoms with Crippen LogP contribution >= 0.6 is 0 Å². The molecule has 2 heterocycles. The van der Waals surface area contributed by atoms with Crippen molar-refractivity contribution in [1.29, 1.82) is 5.26 Å². The molecule has 31 heavy (non-hydrogen) atoms. The van der Waals surface area contributed by atoms with Crippen molar-refractivity contribution >= 4 is 29.4 Å². The van der Waals surface area contributed by atoms with Gasteiger partial charge in [0.1, 0.15) is 6.67 Å². The van der Waals surface area contributed by atoms with Gasteiger partial charge in [0.2, 0.25) is 0 Å². The highest BCUT2D eigenvalue weighted by Gasteiger charge is 2.51. The van der Waals surface area contributed by atoms with Crippen LogP contribution in [0.5, 0.6) is 0 Å². The Labute approximate surface area is 175 Å². The molecule has 2 aliphatic rings. The van der Waals surface area contributed by atoms with Crippen molar-refractivity contribution in [2.45, 2.75) is 12.0 Å². The Kier molecular flexibility index (Phi) is 4.70. The van der Waals surface area contributed by atoms with Crippen LogP contribution < -0.4 is 0 Å². The summed E-state index contributed by atoms with van der Waals surface area (Å²) in [4.78, 5) is 64.2. The molecule has 0 N–H and O–H groups in total. The number of fused-ring (bicyclic) bond motifs is 2. The first-order chi connectivity index (χ1) is 14.8. The van der Waals surface area contributed by atoms with E-state index in [2.05, 4.69) is 0 Å². The van der Waals surface area contributed by atoms with Crippen LogP contribution in [0.4, 0.5) is 4.39 Å². The summed E-state index contributed by atoms with van der Waals surface area (Å²) >= 11 is 0. The quantitative estimate of drug-likeness (QED) is 0.659. The van der Waals surface area contributed by atoms with Crippen molar-refractivity contribution in [3.63, 3.8) is 0 Å². The molecule has 2 aliphatic heterocycles. The summed E-state index contributed by atoms with van der Waals surface area (Å²) in [5, 5.41) is 9.67. The van der Waals surface area contributed by atoms with Gasteiger partial charge in [0, 0.05) is 6.42 Å². The second-order valence-electron chi connectivity index (χ2n) is 7.23. The molecule has 0 saturated heterocycles. The largest absolute Gasteiger partial charge is 0.298 e. The third-order valence-corrected chi connectivity index (χ3v) is 5.35. The molecule has 0 bridgehead atoms. The van der Waals surface area contributed by atoms with E-state index >= 15 is 0 Å². The fourth-order valence-corrected chi connectivity index (χ4v) is 3.82. The van der Waals surface area contributed by atoms with Crippen molar-refractivity contribution < 1.29 is 28.4 Å². The van der Waals surface area contributed by atoms with Crippen LogP contribution in [0.2, 0.25) is 0 Å². The zero-order valence-corrected chi connectivity index (χ0v) is 16.0. The molecule has 2 aromatic carbocycles. The molecule has 0 aliphatic carbocycles. The number of halogens is 1. The summed E-state index contributed by atoms with van der Waals surface area (Å²) in [6.45, 7) is -2.19. The average molecular weight is 419 g/mol. The molecule has 1 unspecified atom stereocenters. The summed E-state index contributed by atoms with van der Waals surface area (Å²) in [7, 11) is 0. The second kappa shape index (κ2) is 7.25. The molecule has 0 fully saturated rings. The normalized spacial score (nSPS) is 16.8. The van der Waals surface area contributed by atoms with Gasteiger partial charge < -0.3 is 0 Å². The van der Waals surface area contributed by atoms with E-state index in [1.54, 1.807) is 18.2 Å². The van der Waals surface area contributed by atoms with Crippen LogP contribution in [-0.4, -0.2) is 58.0 Å². The molecular formula is C22H14FN3O5. The highest BCUT2D eigenvalue weighted by molar-refractivity contribution is 6.23. The molecule has 154 valence electrons. The van der Waals surface area contributed by atoms with E-state index < -0.39 is 54.6 Å². The van der Waals surface area contributed by atoms with Gasteiger partial charge in [0.15, 0.2) is 11.3 Å². The van der Waals surface area contributed by atoms with Gasteiger partial charge >= 0.3 is 0 Å². The molecular weight excluding hydrogens is 405 g/mol. The van der Waals surface area contributed by atoms with E-state index in [1.807, 2.05) is 0 Å². The zero-order valence-electron chi connectivity index (χ0n) is 16.0. The van der Waals surface area contributed by atoms with E-state index in [9.17, 15) is 33.6 Å². The lowest BCUT2D eigenvalue weighted by molar-refractivity contribution is -0.121. The minimum atomic E-state index is -2.39. The topological polar surface area (TPSA) is 116 Å². The Morgan fingerprint density at radius 2 is 1.26 bits per heavy atom. The number of imide groups is 2. The molecule has 4 rings (SSSR count). The average Bonchev–Trinajstić information content (AvgIpc) is 3.18. The molecule has 0 saturated carbocycles. The predicted octanol–water partition coefficient (Wildman–Crippen LogP) is 1.77. The Morgan fingerprint density at radius 1 is 0.839 bits per heavy atom. The van der Waals surface area contributed by atoms with Crippen LogP contribution in [0.25, 0.3) is 0 Å². The molecule has 2 aromatic rings. The summed E-state index contributed by atoms with van der Waals surface area (Å²) in [6.07, 6.45) is -0.862. The number of rotatable bonds is 6. The van der Waals surface area contributed by atoms with Gasteiger partial charge in [0.25, 0.3) is 23.6 Å². The summed E-state index contributed by atoms with van der Waals surface area (Å²) in [5.41, 5.74) is -2.10. The molecule has 0 aromatic heterocycles. The lowest BCUT2D eigenvalue weighted by Gasteiger charge is -2.31. The van der Waals surface area contributed by atoms with Gasteiger partial charge in [-0.05, 0) is 24.3 Å². The molecule has 0 radical (unpaired) electrons. The lowest BCUT2D eigenvalue weighted by Crippen LogP contribution is -2.54. The first kappa shape index (κ1) is 20.1. The van der Waals surface area contributed by atoms with Crippen LogP contribution in [-0.2, 0) is 4.79 Å². The van der Waals surface area contributed by atoms with Gasteiger partial charge in [-0.15, -0.1) is 0 Å². The number of Topliss-reactive ketones (excluding diaryl/α,β-unsaturated/α-hetero) is 1. The lowest BCUT2D eigenvalue weighted by atomic mass is 9.93. The first-order valence-corrected chi connectivity index (χ1v) is 9.26. The smallest absolute Gasteiger partial charge is 0.263 e. The van der Waals surface area contributed by atoms with Gasteiger partial charge in [-0.25, -0.2) is 4.39 Å². The number of hydrogen-bond donors (Lipinski definition) is 0. The zero-order chi connectivity index (χ0) is 22.3. The van der Waals surface area contributed by atoms with Crippen LogP contribution in [0, 0.1) is 11.3 Å². The van der Waals surface area contributed by atoms with E-state index in [1.165, 1.54) is 36.4 Å². The minimum Gasteiger partial charge on any atom is -0.298 e. The Morgan fingerprint density at radius 3 is 1.65 bits per heavy atom. The Bertz CT molecular complexity index is 1150. The third-order valence-electron chi connectivity index (χ3n) is 5.35. The highest BCUT2D eigenvalue weighted by atomic mass is 19.1. The maximum atomic E-state index is 14.1. The van der Waals surface area contributed by atoms with Crippen molar-refractivity contribution in [1.82, 2.24) is 9.80 Å². The number of nitriles is 1. The van der Waals surface area contributed by atoms with Crippen LogP contribution in [0.3, 0.4) is 0 Å². The van der Waals surface area contributed by atoms with Gasteiger partial charge in [0.05, 0.1) is 34.9 Å². The Hall–Kier alpha value is -4.19. The monoisotopic (exact) mass is 419 g/mol. The predicted molar refractivity (Wildman–Crippen MR) is 103 cm³/mol. The minimum absolute atomic E-state index is 0.00775. The van der Waals surface area contributed by atoms with Crippen LogP contribution in [0.15, 0.2) is 48.5 Å². The number of amides is 4. The van der Waals surface area contributed by atoms with Crippen molar-refractivity contribution in [2.75, 3.05) is 13.2 Å². The van der Waals surface area contributed by atoms with Gasteiger partial charge in [-0.2, -0.15) is 5.26 Å². The number of alkyl halides is 1. The van der Waals surface area contributed by atoms with Crippen LogP contribution in [0.1, 0.15) is 47.9 Å². The number of ketones is 1. The maximum Gasteiger partial charge on any atom is 0.263 e. The number of carbonyl (C=O) groups excluding carboxylic acids is 5. The summed E-state index contributed by atoms with van der Waals surface area (Å²) < 4.78 is 14.1. The fraction of sp³-hybridized carbons (Fsp3) is 0.182. The van der Waals surface area contributed by atoms with E-state index in [0.29, 0.717) is 9.80 Å². The third kappa shape index (κ3) is 2.92. The number of carbonyl (C=O) groups is 5. The fourth-order valence-electron chi connectivity index (χ4n) is 3.82. The van der Waals surface area contributed by atoms with Gasteiger partial charge in [-0.3, -0.25) is 33.8 Å². The molecule has 1 atom stereocenters. The standard InChI is InChI=1S/C22H14FN3O5/c23-11-22(12-24,26-20(30)16-7-3-4-8-17(16)21(26)31)9-13(27)10-25-18(28)14-5-1-2-6-15(14)19(25)29/h1-8H,9-11H2. The van der Waals surface area contributed by atoms with Crippen molar-refractivity contribution in [3.8, 4) is 6.07 Å². The second-order valence-corrected chi connectivity index (χ2v) is 7.23. The molecule has 4 amide bonds. The number of benzene rings is 2. The summed E-state index contributed by atoms with van der Waals surface area (Å²) in [5.74, 6) is -3.97. The number of nitrogens with zero attached hydrogens (tertiary/aromatic N) is 3. The SMILES string of the molecule is N#CC(CF)(CC(=O)CN1C(=O)c2ccccc2C1=O)N1C(=O)c2ccccc2C1=O. The molecule has 0 spiro atoms. The van der Waals surface area contributed by atoms with E-state index in [-0.39, 0.29) is 22.3 Å².